The molecule has 0 aliphatic heterocycles. The summed E-state index contributed by atoms with van der Waals surface area (Å²) in [6, 6.07) is 6.45. The lowest BCUT2D eigenvalue weighted by atomic mass is 10.2. The van der Waals surface area contributed by atoms with Gasteiger partial charge < -0.3 is 4.74 Å². The van der Waals surface area contributed by atoms with E-state index in [2.05, 4.69) is 4.74 Å². The number of sulfone groups is 1. The number of ether oxygens (including phenoxy) is 1. The van der Waals surface area contributed by atoms with Gasteiger partial charge in [-0.05, 0) is 31.5 Å². The summed E-state index contributed by atoms with van der Waals surface area (Å²) < 4.78 is 28.1. The van der Waals surface area contributed by atoms with Gasteiger partial charge in [0.05, 0.1) is 11.5 Å². The normalized spacial score (nSPS) is 11.1. The quantitative estimate of drug-likeness (QED) is 0.747. The second-order valence-corrected chi connectivity index (χ2v) is 5.37. The van der Waals surface area contributed by atoms with Crippen LogP contribution in [0.2, 0.25) is 0 Å². The minimum absolute atomic E-state index is 0.153. The Bertz CT molecular complexity index is 477. The lowest BCUT2D eigenvalue weighted by Crippen LogP contribution is -2.18. The molecular weight excluding hydrogens is 228 g/mol. The Kier molecular flexibility index (Phi) is 4.06. The Balaban J connectivity index is 2.90. The summed E-state index contributed by atoms with van der Waals surface area (Å²) in [7, 11) is -3.58. The predicted molar refractivity (Wildman–Crippen MR) is 59.9 cm³/mol. The van der Waals surface area contributed by atoms with E-state index in [-0.39, 0.29) is 11.5 Å². The number of carbonyl (C=O) groups excluding carboxylic acids is 1. The van der Waals surface area contributed by atoms with Gasteiger partial charge in [-0.3, -0.25) is 4.79 Å². The van der Waals surface area contributed by atoms with E-state index in [9.17, 15) is 13.2 Å². The lowest BCUT2D eigenvalue weighted by Gasteiger charge is -2.04. The van der Waals surface area contributed by atoms with Gasteiger partial charge in [-0.25, -0.2) is 8.42 Å². The highest BCUT2D eigenvalue weighted by atomic mass is 32.2. The molecule has 0 aliphatic rings. The average molecular weight is 242 g/mol. The van der Waals surface area contributed by atoms with Gasteiger partial charge in [0.15, 0.2) is 15.6 Å². The minimum Gasteiger partial charge on any atom is -0.465 e. The lowest BCUT2D eigenvalue weighted by molar-refractivity contribution is -0.139. The van der Waals surface area contributed by atoms with Crippen molar-refractivity contribution >= 4 is 15.8 Å². The number of hydrogen-bond acceptors (Lipinski definition) is 4. The van der Waals surface area contributed by atoms with E-state index in [4.69, 9.17) is 0 Å². The zero-order chi connectivity index (χ0) is 12.2. The van der Waals surface area contributed by atoms with Crippen molar-refractivity contribution in [2.75, 3.05) is 12.4 Å². The maximum Gasteiger partial charge on any atom is 0.321 e. The van der Waals surface area contributed by atoms with Gasteiger partial charge in [0.1, 0.15) is 0 Å². The molecule has 0 amide bonds. The Morgan fingerprint density at radius 1 is 1.38 bits per heavy atom. The van der Waals surface area contributed by atoms with Crippen molar-refractivity contribution in [1.29, 1.82) is 0 Å². The van der Waals surface area contributed by atoms with Gasteiger partial charge in [-0.2, -0.15) is 0 Å². The van der Waals surface area contributed by atoms with Crippen molar-refractivity contribution in [3.8, 4) is 0 Å². The molecule has 0 N–H and O–H groups in total. The molecule has 0 bridgehead atoms. The fraction of sp³-hybridized carbons (Fsp3) is 0.364. The van der Waals surface area contributed by atoms with E-state index in [1.54, 1.807) is 26.0 Å². The van der Waals surface area contributed by atoms with Crippen LogP contribution < -0.4 is 0 Å². The molecule has 0 saturated heterocycles. The molecule has 16 heavy (non-hydrogen) atoms. The van der Waals surface area contributed by atoms with Crippen LogP contribution in [0.15, 0.2) is 29.2 Å². The number of rotatable bonds is 4. The highest BCUT2D eigenvalue weighted by Crippen LogP contribution is 2.12. The number of esters is 1. The Hall–Kier alpha value is -1.36. The molecule has 0 fully saturated rings. The summed E-state index contributed by atoms with van der Waals surface area (Å²) >= 11 is 0. The fourth-order valence-electron chi connectivity index (χ4n) is 1.25. The molecule has 4 nitrogen and oxygen atoms in total. The topological polar surface area (TPSA) is 60.4 Å². The van der Waals surface area contributed by atoms with E-state index >= 15 is 0 Å². The summed E-state index contributed by atoms with van der Waals surface area (Å²) in [6.07, 6.45) is 0. The average Bonchev–Trinajstić information content (AvgIpc) is 2.17. The van der Waals surface area contributed by atoms with Crippen LogP contribution in [0.5, 0.6) is 0 Å². The molecule has 0 heterocycles. The molecule has 88 valence electrons. The first-order valence-corrected chi connectivity index (χ1v) is 6.56. The first kappa shape index (κ1) is 12.7. The number of benzene rings is 1. The van der Waals surface area contributed by atoms with E-state index < -0.39 is 21.6 Å². The Morgan fingerprint density at radius 3 is 2.62 bits per heavy atom. The molecule has 1 rings (SSSR count). The van der Waals surface area contributed by atoms with Crippen LogP contribution >= 0.6 is 0 Å². The van der Waals surface area contributed by atoms with Crippen LogP contribution in [0.3, 0.4) is 0 Å². The Labute approximate surface area is 95.2 Å². The largest absolute Gasteiger partial charge is 0.465 e. The van der Waals surface area contributed by atoms with Crippen molar-refractivity contribution in [2.24, 2.45) is 0 Å². The predicted octanol–water partition coefficient (Wildman–Crippen LogP) is 1.33. The zero-order valence-electron chi connectivity index (χ0n) is 9.26. The van der Waals surface area contributed by atoms with Gasteiger partial charge in [-0.15, -0.1) is 0 Å². The molecular formula is C11H14O4S. The molecule has 0 radical (unpaired) electrons. The third kappa shape index (κ3) is 3.34. The van der Waals surface area contributed by atoms with Crippen molar-refractivity contribution in [1.82, 2.24) is 0 Å². The van der Waals surface area contributed by atoms with Crippen LogP contribution in [0, 0.1) is 6.92 Å². The minimum atomic E-state index is -3.58. The summed E-state index contributed by atoms with van der Waals surface area (Å²) in [6.45, 7) is 3.61. The maximum absolute atomic E-state index is 11.8. The third-order valence-electron chi connectivity index (χ3n) is 1.96. The number of hydrogen-bond donors (Lipinski definition) is 0. The van der Waals surface area contributed by atoms with E-state index in [1.165, 1.54) is 12.1 Å². The van der Waals surface area contributed by atoms with Gasteiger partial charge in [0, 0.05) is 0 Å². The first-order valence-electron chi connectivity index (χ1n) is 4.91. The second-order valence-electron chi connectivity index (χ2n) is 3.38. The van der Waals surface area contributed by atoms with Crippen LogP contribution in [0.25, 0.3) is 0 Å². The third-order valence-corrected chi connectivity index (χ3v) is 3.55. The fourth-order valence-corrected chi connectivity index (χ4v) is 2.46. The van der Waals surface area contributed by atoms with Gasteiger partial charge >= 0.3 is 5.97 Å². The zero-order valence-corrected chi connectivity index (χ0v) is 10.1. The molecule has 5 heteroatoms. The Morgan fingerprint density at radius 2 is 2.06 bits per heavy atom. The first-order chi connectivity index (χ1) is 7.45. The van der Waals surface area contributed by atoms with Crippen LogP contribution in [-0.2, 0) is 19.4 Å². The van der Waals surface area contributed by atoms with Crippen molar-refractivity contribution < 1.29 is 17.9 Å². The summed E-state index contributed by atoms with van der Waals surface area (Å²) in [5.74, 6) is -1.33. The standard InChI is InChI=1S/C11H14O4S/c1-3-15-11(12)8-16(13,14)10-6-4-5-9(2)7-10/h4-7H,3,8H2,1-2H3. The van der Waals surface area contributed by atoms with E-state index in [1.807, 2.05) is 0 Å². The smallest absolute Gasteiger partial charge is 0.321 e. The highest BCUT2D eigenvalue weighted by Gasteiger charge is 2.19. The number of carbonyl (C=O) groups is 1. The molecule has 0 spiro atoms. The monoisotopic (exact) mass is 242 g/mol. The molecule has 0 unspecified atom stereocenters. The molecule has 1 aromatic rings. The summed E-state index contributed by atoms with van der Waals surface area (Å²) in [4.78, 5) is 11.3. The molecule has 1 aromatic carbocycles. The molecule has 0 saturated carbocycles. The van der Waals surface area contributed by atoms with Gasteiger partial charge in [0.25, 0.3) is 0 Å². The van der Waals surface area contributed by atoms with E-state index in [0.717, 1.165) is 5.56 Å². The summed E-state index contributed by atoms with van der Waals surface area (Å²) in [5.41, 5.74) is 0.838. The SMILES string of the molecule is CCOC(=O)CS(=O)(=O)c1cccc(C)c1. The maximum atomic E-state index is 11.8. The van der Waals surface area contributed by atoms with Crippen molar-refractivity contribution in [3.63, 3.8) is 0 Å². The van der Waals surface area contributed by atoms with Crippen LogP contribution in [0.4, 0.5) is 0 Å². The second kappa shape index (κ2) is 5.12. The van der Waals surface area contributed by atoms with Gasteiger partial charge in [-0.1, -0.05) is 12.1 Å². The van der Waals surface area contributed by atoms with E-state index in [0.29, 0.717) is 0 Å². The molecule has 0 aromatic heterocycles. The van der Waals surface area contributed by atoms with Crippen molar-refractivity contribution in [3.05, 3.63) is 29.8 Å². The van der Waals surface area contributed by atoms with Crippen molar-refractivity contribution in [2.45, 2.75) is 18.7 Å². The number of aryl methyl sites for hydroxylation is 1. The molecule has 0 atom stereocenters. The van der Waals surface area contributed by atoms with Gasteiger partial charge in [0.2, 0.25) is 0 Å². The van der Waals surface area contributed by atoms with Crippen LogP contribution in [0.1, 0.15) is 12.5 Å². The highest BCUT2D eigenvalue weighted by molar-refractivity contribution is 7.92. The van der Waals surface area contributed by atoms with Crippen LogP contribution in [-0.4, -0.2) is 26.7 Å². The summed E-state index contributed by atoms with van der Waals surface area (Å²) in [5, 5.41) is 0. The molecule has 0 aliphatic carbocycles.